The van der Waals surface area contributed by atoms with Gasteiger partial charge in [-0.3, -0.25) is 4.79 Å². The standard InChI is InChI=1S/C11H20F3NO2/c1-4-6-7-17-9(3)10(16)15(5-2)8-11(12,13)14/h9H,4-8H2,1-3H3. The largest absolute Gasteiger partial charge is 0.406 e. The van der Waals surface area contributed by atoms with Crippen molar-refractivity contribution in [1.29, 1.82) is 0 Å². The van der Waals surface area contributed by atoms with E-state index in [1.54, 1.807) is 0 Å². The minimum Gasteiger partial charge on any atom is -0.369 e. The number of carbonyl (C=O) groups is 1. The van der Waals surface area contributed by atoms with Gasteiger partial charge >= 0.3 is 6.18 Å². The Balaban J connectivity index is 4.23. The minimum absolute atomic E-state index is 0.0276. The van der Waals surface area contributed by atoms with Crippen LogP contribution in [0, 0.1) is 0 Å². The number of rotatable bonds is 7. The van der Waals surface area contributed by atoms with Gasteiger partial charge in [-0.2, -0.15) is 13.2 Å². The number of amides is 1. The molecule has 6 heteroatoms. The van der Waals surface area contributed by atoms with Gasteiger partial charge in [0.25, 0.3) is 5.91 Å². The Bertz CT molecular complexity index is 231. The molecule has 17 heavy (non-hydrogen) atoms. The van der Waals surface area contributed by atoms with Crippen molar-refractivity contribution in [3.63, 3.8) is 0 Å². The molecule has 0 aliphatic heterocycles. The molecule has 0 aliphatic carbocycles. The Labute approximate surface area is 99.9 Å². The molecule has 0 heterocycles. The lowest BCUT2D eigenvalue weighted by Gasteiger charge is -2.25. The summed E-state index contributed by atoms with van der Waals surface area (Å²) in [4.78, 5) is 12.4. The molecule has 0 N–H and O–H groups in total. The predicted molar refractivity (Wildman–Crippen MR) is 58.6 cm³/mol. The van der Waals surface area contributed by atoms with E-state index >= 15 is 0 Å². The van der Waals surface area contributed by atoms with Crippen LogP contribution in [0.15, 0.2) is 0 Å². The molecule has 0 radical (unpaired) electrons. The summed E-state index contributed by atoms with van der Waals surface area (Å²) in [6, 6.07) is 0. The van der Waals surface area contributed by atoms with E-state index in [4.69, 9.17) is 4.74 Å². The average molecular weight is 255 g/mol. The second-order valence-electron chi connectivity index (χ2n) is 3.83. The predicted octanol–water partition coefficient (Wildman–Crippen LogP) is 2.60. The Morgan fingerprint density at radius 1 is 1.35 bits per heavy atom. The van der Waals surface area contributed by atoms with Crippen LogP contribution in [0.2, 0.25) is 0 Å². The molecule has 0 saturated heterocycles. The molecule has 0 saturated carbocycles. The normalized spacial score (nSPS) is 13.5. The SMILES string of the molecule is CCCCOC(C)C(=O)N(CC)CC(F)(F)F. The van der Waals surface area contributed by atoms with Crippen molar-refractivity contribution >= 4 is 5.91 Å². The van der Waals surface area contributed by atoms with Gasteiger partial charge in [-0.15, -0.1) is 0 Å². The van der Waals surface area contributed by atoms with Crippen LogP contribution in [0.25, 0.3) is 0 Å². The van der Waals surface area contributed by atoms with Gasteiger partial charge in [-0.1, -0.05) is 13.3 Å². The molecule has 0 fully saturated rings. The van der Waals surface area contributed by atoms with E-state index in [1.807, 2.05) is 6.92 Å². The molecule has 0 aromatic rings. The average Bonchev–Trinajstić information content (AvgIpc) is 2.23. The van der Waals surface area contributed by atoms with Gasteiger partial charge in [-0.25, -0.2) is 0 Å². The Morgan fingerprint density at radius 2 is 1.94 bits per heavy atom. The molecule has 0 aromatic heterocycles. The van der Waals surface area contributed by atoms with E-state index in [0.29, 0.717) is 6.61 Å². The first-order chi connectivity index (χ1) is 7.81. The van der Waals surface area contributed by atoms with E-state index in [1.165, 1.54) is 13.8 Å². The Morgan fingerprint density at radius 3 is 2.35 bits per heavy atom. The maximum atomic E-state index is 12.2. The van der Waals surface area contributed by atoms with E-state index < -0.39 is 24.7 Å². The van der Waals surface area contributed by atoms with Crippen LogP contribution < -0.4 is 0 Å². The molecule has 102 valence electrons. The summed E-state index contributed by atoms with van der Waals surface area (Å²) in [7, 11) is 0. The summed E-state index contributed by atoms with van der Waals surface area (Å²) in [5.74, 6) is -0.610. The van der Waals surface area contributed by atoms with Gasteiger partial charge in [0.2, 0.25) is 0 Å². The highest BCUT2D eigenvalue weighted by molar-refractivity contribution is 5.80. The van der Waals surface area contributed by atoms with E-state index in [-0.39, 0.29) is 6.54 Å². The molecule has 0 spiro atoms. The number of nitrogens with zero attached hydrogens (tertiary/aromatic N) is 1. The van der Waals surface area contributed by atoms with Gasteiger partial charge in [0.1, 0.15) is 12.6 Å². The lowest BCUT2D eigenvalue weighted by Crippen LogP contribution is -2.44. The monoisotopic (exact) mass is 255 g/mol. The van der Waals surface area contributed by atoms with E-state index in [2.05, 4.69) is 0 Å². The number of alkyl halides is 3. The third-order valence-electron chi connectivity index (χ3n) is 2.28. The van der Waals surface area contributed by atoms with Crippen LogP contribution in [0.4, 0.5) is 13.2 Å². The van der Waals surface area contributed by atoms with Gasteiger partial charge in [0.05, 0.1) is 0 Å². The molecular formula is C11H20F3NO2. The fourth-order valence-corrected chi connectivity index (χ4v) is 1.29. The highest BCUT2D eigenvalue weighted by Crippen LogP contribution is 2.17. The summed E-state index contributed by atoms with van der Waals surface area (Å²) < 4.78 is 41.7. The number of ether oxygens (including phenoxy) is 1. The molecule has 1 unspecified atom stereocenters. The van der Waals surface area contributed by atoms with Crippen LogP contribution in [0.1, 0.15) is 33.6 Å². The van der Waals surface area contributed by atoms with Gasteiger partial charge in [0, 0.05) is 13.2 Å². The van der Waals surface area contributed by atoms with Gasteiger partial charge in [-0.05, 0) is 20.3 Å². The summed E-state index contributed by atoms with van der Waals surface area (Å²) in [5.41, 5.74) is 0. The van der Waals surface area contributed by atoms with Crippen molar-refractivity contribution in [2.75, 3.05) is 19.7 Å². The fraction of sp³-hybridized carbons (Fsp3) is 0.909. The third kappa shape index (κ3) is 7.20. The number of hydrogen-bond donors (Lipinski definition) is 0. The van der Waals surface area contributed by atoms with Crippen molar-refractivity contribution in [3.05, 3.63) is 0 Å². The Hall–Kier alpha value is -0.780. The first-order valence-corrected chi connectivity index (χ1v) is 5.79. The first kappa shape index (κ1) is 16.2. The van der Waals surface area contributed by atoms with Crippen molar-refractivity contribution in [2.24, 2.45) is 0 Å². The molecule has 1 atom stereocenters. The second kappa shape index (κ2) is 7.53. The van der Waals surface area contributed by atoms with Gasteiger partial charge < -0.3 is 9.64 Å². The summed E-state index contributed by atoms with van der Waals surface area (Å²) in [5, 5.41) is 0. The fourth-order valence-electron chi connectivity index (χ4n) is 1.29. The van der Waals surface area contributed by atoms with E-state index in [9.17, 15) is 18.0 Å². The number of carbonyl (C=O) groups excluding carboxylic acids is 1. The van der Waals surface area contributed by atoms with Crippen LogP contribution >= 0.6 is 0 Å². The Kier molecular flexibility index (Phi) is 7.18. The summed E-state index contributed by atoms with van der Waals surface area (Å²) >= 11 is 0. The maximum Gasteiger partial charge on any atom is 0.406 e. The number of unbranched alkanes of at least 4 members (excludes halogenated alkanes) is 1. The van der Waals surface area contributed by atoms with E-state index in [0.717, 1.165) is 17.7 Å². The zero-order valence-electron chi connectivity index (χ0n) is 10.5. The van der Waals surface area contributed by atoms with Crippen LogP contribution in [-0.4, -0.2) is 42.8 Å². The lowest BCUT2D eigenvalue weighted by atomic mass is 10.3. The lowest BCUT2D eigenvalue weighted by molar-refractivity contribution is -0.167. The molecule has 0 aliphatic rings. The molecule has 3 nitrogen and oxygen atoms in total. The van der Waals surface area contributed by atoms with Crippen LogP contribution in [-0.2, 0) is 9.53 Å². The summed E-state index contributed by atoms with van der Waals surface area (Å²) in [6.45, 7) is 4.17. The quantitative estimate of drug-likeness (QED) is 0.654. The number of halogens is 3. The molecule has 0 bridgehead atoms. The minimum atomic E-state index is -4.37. The van der Waals surface area contributed by atoms with Gasteiger partial charge in [0.15, 0.2) is 0 Å². The maximum absolute atomic E-state index is 12.2. The summed E-state index contributed by atoms with van der Waals surface area (Å²) in [6.07, 6.45) is -3.47. The van der Waals surface area contributed by atoms with Crippen molar-refractivity contribution in [1.82, 2.24) is 4.90 Å². The third-order valence-corrected chi connectivity index (χ3v) is 2.28. The molecule has 0 rings (SSSR count). The zero-order chi connectivity index (χ0) is 13.5. The van der Waals surface area contributed by atoms with Crippen LogP contribution in [0.5, 0.6) is 0 Å². The number of hydrogen-bond acceptors (Lipinski definition) is 2. The van der Waals surface area contributed by atoms with Crippen molar-refractivity contribution in [2.45, 2.75) is 45.9 Å². The smallest absolute Gasteiger partial charge is 0.369 e. The van der Waals surface area contributed by atoms with Crippen LogP contribution in [0.3, 0.4) is 0 Å². The highest BCUT2D eigenvalue weighted by atomic mass is 19.4. The second-order valence-corrected chi connectivity index (χ2v) is 3.83. The molecule has 1 amide bonds. The molecular weight excluding hydrogens is 235 g/mol. The van der Waals surface area contributed by atoms with Crippen molar-refractivity contribution in [3.8, 4) is 0 Å². The number of likely N-dealkylation sites (N-methyl/N-ethyl adjacent to an activating group) is 1. The van der Waals surface area contributed by atoms with Crippen molar-refractivity contribution < 1.29 is 22.7 Å². The topological polar surface area (TPSA) is 29.5 Å². The first-order valence-electron chi connectivity index (χ1n) is 5.79. The molecule has 0 aromatic carbocycles. The highest BCUT2D eigenvalue weighted by Gasteiger charge is 2.33. The zero-order valence-corrected chi connectivity index (χ0v) is 10.5.